The summed E-state index contributed by atoms with van der Waals surface area (Å²) in [6.07, 6.45) is 0.227. The first-order chi connectivity index (χ1) is 15.5. The largest absolute Gasteiger partial charge is 0.496 e. The van der Waals surface area contributed by atoms with Crippen molar-refractivity contribution in [2.75, 3.05) is 13.7 Å². The zero-order chi connectivity index (χ0) is 22.9. The molecular formula is C27H30BrNO3. The van der Waals surface area contributed by atoms with Gasteiger partial charge in [-0.15, -0.1) is 0 Å². The fraction of sp³-hybridized carbons (Fsp3) is 0.296. The average molecular weight is 496 g/mol. The van der Waals surface area contributed by atoms with Gasteiger partial charge >= 0.3 is 5.97 Å². The highest BCUT2D eigenvalue weighted by Crippen LogP contribution is 2.39. The Labute approximate surface area is 199 Å². The molecule has 0 amide bonds. The summed E-state index contributed by atoms with van der Waals surface area (Å²) in [4.78, 5) is 15.1. The molecule has 0 N–H and O–H groups in total. The maximum Gasteiger partial charge on any atom is 0.307 e. The van der Waals surface area contributed by atoms with Crippen LogP contribution in [-0.4, -0.2) is 24.6 Å². The van der Waals surface area contributed by atoms with Crippen molar-refractivity contribution in [3.05, 3.63) is 100 Å². The van der Waals surface area contributed by atoms with Gasteiger partial charge in [-0.2, -0.15) is 0 Å². The van der Waals surface area contributed by atoms with E-state index < -0.39 is 0 Å². The molecule has 0 aliphatic heterocycles. The molecule has 0 aromatic heterocycles. The highest BCUT2D eigenvalue weighted by atomic mass is 79.9. The van der Waals surface area contributed by atoms with E-state index in [0.29, 0.717) is 13.2 Å². The lowest BCUT2D eigenvalue weighted by atomic mass is 9.96. The quantitative estimate of drug-likeness (QED) is 0.292. The van der Waals surface area contributed by atoms with Crippen LogP contribution in [0, 0.1) is 0 Å². The number of hydrogen-bond donors (Lipinski definition) is 0. The van der Waals surface area contributed by atoms with Crippen molar-refractivity contribution in [1.82, 2.24) is 4.90 Å². The molecule has 0 aliphatic rings. The van der Waals surface area contributed by atoms with Crippen molar-refractivity contribution in [2.24, 2.45) is 0 Å². The molecule has 0 bridgehead atoms. The summed E-state index contributed by atoms with van der Waals surface area (Å²) in [5.41, 5.74) is 3.32. The van der Waals surface area contributed by atoms with Crippen LogP contribution in [0.4, 0.5) is 0 Å². The Bertz CT molecular complexity index is 994. The summed E-state index contributed by atoms with van der Waals surface area (Å²) < 4.78 is 12.0. The maximum atomic E-state index is 12.7. The third kappa shape index (κ3) is 6.21. The summed E-state index contributed by atoms with van der Waals surface area (Å²) in [6, 6.07) is 26.4. The van der Waals surface area contributed by atoms with Crippen LogP contribution >= 0.6 is 15.9 Å². The van der Waals surface area contributed by atoms with Crippen molar-refractivity contribution in [2.45, 2.75) is 38.9 Å². The monoisotopic (exact) mass is 495 g/mol. The Morgan fingerprint density at radius 3 is 2.28 bits per heavy atom. The molecule has 2 atom stereocenters. The van der Waals surface area contributed by atoms with E-state index in [-0.39, 0.29) is 24.5 Å². The predicted molar refractivity (Wildman–Crippen MR) is 132 cm³/mol. The number of methoxy groups -OCH3 is 1. The zero-order valence-electron chi connectivity index (χ0n) is 18.8. The number of carbonyl (C=O) groups is 1. The Balaban J connectivity index is 2.11. The fourth-order valence-corrected chi connectivity index (χ4v) is 4.36. The number of nitrogens with zero attached hydrogens (tertiary/aromatic N) is 1. The molecule has 4 nitrogen and oxygen atoms in total. The van der Waals surface area contributed by atoms with Gasteiger partial charge in [-0.3, -0.25) is 9.69 Å². The number of halogens is 1. The lowest BCUT2D eigenvalue weighted by molar-refractivity contribution is -0.145. The molecule has 0 saturated carbocycles. The summed E-state index contributed by atoms with van der Waals surface area (Å²) in [5, 5.41) is 0. The molecule has 0 spiro atoms. The topological polar surface area (TPSA) is 38.8 Å². The van der Waals surface area contributed by atoms with Crippen molar-refractivity contribution in [1.29, 1.82) is 0 Å². The van der Waals surface area contributed by atoms with E-state index in [1.54, 1.807) is 7.11 Å². The summed E-state index contributed by atoms with van der Waals surface area (Å²) in [5.74, 6) is 0.527. The molecule has 0 heterocycles. The van der Waals surface area contributed by atoms with Gasteiger partial charge < -0.3 is 9.47 Å². The zero-order valence-corrected chi connectivity index (χ0v) is 20.4. The van der Waals surface area contributed by atoms with E-state index >= 15 is 0 Å². The van der Waals surface area contributed by atoms with Crippen molar-refractivity contribution >= 4 is 21.9 Å². The number of esters is 1. The standard InChI is InChI=1S/C27H30BrNO3/c1-4-32-27(30)18-25(24-17-23(28)15-16-26(24)31-3)29(19-21-11-7-5-8-12-21)20(2)22-13-9-6-10-14-22/h5-17,20,25H,4,18-19H2,1-3H3/t20-,25+/m1/s1. The van der Waals surface area contributed by atoms with Crippen LogP contribution < -0.4 is 4.74 Å². The first kappa shape index (κ1) is 24.0. The molecule has 3 aromatic rings. The van der Waals surface area contributed by atoms with Gasteiger partial charge in [-0.05, 0) is 43.2 Å². The highest BCUT2D eigenvalue weighted by Gasteiger charge is 2.31. The van der Waals surface area contributed by atoms with Gasteiger partial charge in [-0.1, -0.05) is 76.6 Å². The van der Waals surface area contributed by atoms with Gasteiger partial charge in [0.1, 0.15) is 5.75 Å². The van der Waals surface area contributed by atoms with Gasteiger partial charge in [-0.25, -0.2) is 0 Å². The Morgan fingerprint density at radius 2 is 1.66 bits per heavy atom. The third-order valence-electron chi connectivity index (χ3n) is 5.60. The van der Waals surface area contributed by atoms with E-state index in [2.05, 4.69) is 52.0 Å². The molecule has 0 fully saturated rings. The second-order valence-corrected chi connectivity index (χ2v) is 8.57. The molecule has 168 valence electrons. The summed E-state index contributed by atoms with van der Waals surface area (Å²) in [6.45, 7) is 5.05. The number of hydrogen-bond acceptors (Lipinski definition) is 4. The van der Waals surface area contributed by atoms with Crippen molar-refractivity contribution in [3.8, 4) is 5.75 Å². The molecule has 3 aromatic carbocycles. The number of carbonyl (C=O) groups excluding carboxylic acids is 1. The van der Waals surface area contributed by atoms with Gasteiger partial charge in [0.25, 0.3) is 0 Å². The van der Waals surface area contributed by atoms with Crippen molar-refractivity contribution in [3.63, 3.8) is 0 Å². The van der Waals surface area contributed by atoms with E-state index in [4.69, 9.17) is 9.47 Å². The molecule has 5 heteroatoms. The van der Waals surface area contributed by atoms with Crippen LogP contribution in [0.2, 0.25) is 0 Å². The minimum absolute atomic E-state index is 0.0551. The van der Waals surface area contributed by atoms with Crippen LogP contribution in [0.25, 0.3) is 0 Å². The van der Waals surface area contributed by atoms with Gasteiger partial charge in [0.2, 0.25) is 0 Å². The third-order valence-corrected chi connectivity index (χ3v) is 6.10. The number of ether oxygens (including phenoxy) is 2. The lowest BCUT2D eigenvalue weighted by Crippen LogP contribution is -2.33. The highest BCUT2D eigenvalue weighted by molar-refractivity contribution is 9.10. The average Bonchev–Trinajstić information content (AvgIpc) is 2.82. The second kappa shape index (κ2) is 11.8. The molecule has 0 unspecified atom stereocenters. The van der Waals surface area contributed by atoms with E-state index in [0.717, 1.165) is 15.8 Å². The van der Waals surface area contributed by atoms with E-state index in [1.807, 2.05) is 61.5 Å². The first-order valence-corrected chi connectivity index (χ1v) is 11.7. The van der Waals surface area contributed by atoms with Gasteiger partial charge in [0.05, 0.1) is 20.1 Å². The normalized spacial score (nSPS) is 12.9. The summed E-state index contributed by atoms with van der Waals surface area (Å²) in [7, 11) is 1.66. The van der Waals surface area contributed by atoms with Crippen LogP contribution in [0.15, 0.2) is 83.3 Å². The van der Waals surface area contributed by atoms with Crippen molar-refractivity contribution < 1.29 is 14.3 Å². The molecule has 32 heavy (non-hydrogen) atoms. The Kier molecular flexibility index (Phi) is 8.89. The second-order valence-electron chi connectivity index (χ2n) is 7.66. The molecule has 0 radical (unpaired) electrons. The van der Waals surface area contributed by atoms with Crippen LogP contribution in [-0.2, 0) is 16.1 Å². The molecule has 0 aliphatic carbocycles. The predicted octanol–water partition coefficient (Wildman–Crippen LogP) is 6.72. The van der Waals surface area contributed by atoms with Gasteiger partial charge in [0.15, 0.2) is 0 Å². The minimum Gasteiger partial charge on any atom is -0.496 e. The Hall–Kier alpha value is -2.63. The molecule has 0 saturated heterocycles. The number of benzene rings is 3. The van der Waals surface area contributed by atoms with E-state index in [9.17, 15) is 4.79 Å². The molecular weight excluding hydrogens is 466 g/mol. The maximum absolute atomic E-state index is 12.7. The van der Waals surface area contributed by atoms with Crippen LogP contribution in [0.1, 0.15) is 49.0 Å². The van der Waals surface area contributed by atoms with Crippen LogP contribution in [0.5, 0.6) is 5.75 Å². The lowest BCUT2D eigenvalue weighted by Gasteiger charge is -2.37. The minimum atomic E-state index is -0.239. The first-order valence-electron chi connectivity index (χ1n) is 10.9. The smallest absolute Gasteiger partial charge is 0.307 e. The fourth-order valence-electron chi connectivity index (χ4n) is 3.98. The molecule has 3 rings (SSSR count). The summed E-state index contributed by atoms with van der Waals surface area (Å²) >= 11 is 3.60. The van der Waals surface area contributed by atoms with E-state index in [1.165, 1.54) is 11.1 Å². The number of rotatable bonds is 10. The van der Waals surface area contributed by atoms with Crippen LogP contribution in [0.3, 0.4) is 0 Å². The SMILES string of the molecule is CCOC(=O)C[C@@H](c1cc(Br)ccc1OC)N(Cc1ccccc1)[C@H](C)c1ccccc1. The Morgan fingerprint density at radius 1 is 1.00 bits per heavy atom. The van der Waals surface area contributed by atoms with Gasteiger partial charge in [0, 0.05) is 28.7 Å².